The summed E-state index contributed by atoms with van der Waals surface area (Å²) >= 11 is 0. The number of alkyl halides is 3. The number of carbonyl (C=O) groups excluding carboxylic acids is 1. The van der Waals surface area contributed by atoms with E-state index in [0.29, 0.717) is 23.0 Å². The summed E-state index contributed by atoms with van der Waals surface area (Å²) in [6.45, 7) is 4.82. The number of hydrogen-bond acceptors (Lipinski definition) is 8. The summed E-state index contributed by atoms with van der Waals surface area (Å²) in [4.78, 5) is 33.5. The Labute approximate surface area is 218 Å². The average molecular weight is 528 g/mol. The molecule has 1 N–H and O–H groups in total. The molecular weight excluding hydrogens is 499 g/mol. The maximum Gasteiger partial charge on any atom is 0.573 e. The lowest BCUT2D eigenvalue weighted by Crippen LogP contribution is -2.48. The Morgan fingerprint density at radius 2 is 1.74 bits per heavy atom. The fourth-order valence-corrected chi connectivity index (χ4v) is 5.10. The number of halogens is 3. The molecule has 3 aromatic heterocycles. The van der Waals surface area contributed by atoms with E-state index in [1.807, 2.05) is 11.0 Å². The van der Waals surface area contributed by atoms with Gasteiger partial charge in [0.25, 0.3) is 0 Å². The maximum atomic E-state index is 12.7. The summed E-state index contributed by atoms with van der Waals surface area (Å²) in [5.41, 5.74) is 0.940. The molecule has 2 aliphatic rings. The third kappa shape index (κ3) is 6.12. The fraction of sp³-hybridized carbons (Fsp3) is 0.423. The predicted octanol–water partition coefficient (Wildman–Crippen LogP) is 4.80. The molecule has 0 radical (unpaired) electrons. The topological polar surface area (TPSA) is 96.4 Å². The van der Waals surface area contributed by atoms with Crippen LogP contribution in [0.4, 0.5) is 30.6 Å². The SMILES string of the molecule is CC(=O)N1CCC2(CC1)CCN(c1cc(Nc3cc(OC(F)(F)F)ccn3)nc(-c3cccnc3)n1)CC2. The molecule has 0 bridgehead atoms. The van der Waals surface area contributed by atoms with Crippen molar-refractivity contribution in [3.8, 4) is 17.1 Å². The van der Waals surface area contributed by atoms with Crippen molar-refractivity contribution in [3.05, 3.63) is 48.9 Å². The first-order valence-corrected chi connectivity index (χ1v) is 12.5. The first kappa shape index (κ1) is 25.7. The monoisotopic (exact) mass is 527 g/mol. The van der Waals surface area contributed by atoms with Crippen LogP contribution in [0.2, 0.25) is 0 Å². The molecule has 0 atom stereocenters. The van der Waals surface area contributed by atoms with Gasteiger partial charge >= 0.3 is 6.36 Å². The lowest BCUT2D eigenvalue weighted by Gasteiger charge is -2.47. The molecule has 2 saturated heterocycles. The third-order valence-corrected chi connectivity index (χ3v) is 7.27. The fourth-order valence-electron chi connectivity index (χ4n) is 5.10. The number of amides is 1. The number of carbonyl (C=O) groups is 1. The molecular formula is C26H28F3N7O2. The Morgan fingerprint density at radius 1 is 1.00 bits per heavy atom. The van der Waals surface area contributed by atoms with Crippen molar-refractivity contribution < 1.29 is 22.7 Å². The Kier molecular flexibility index (Phi) is 7.04. The van der Waals surface area contributed by atoms with Gasteiger partial charge in [-0.1, -0.05) is 0 Å². The molecule has 0 unspecified atom stereocenters. The van der Waals surface area contributed by atoms with Crippen LogP contribution in [0.5, 0.6) is 5.75 Å². The Morgan fingerprint density at radius 3 is 2.39 bits per heavy atom. The summed E-state index contributed by atoms with van der Waals surface area (Å²) in [6, 6.07) is 7.71. The van der Waals surface area contributed by atoms with E-state index in [2.05, 4.69) is 29.9 Å². The summed E-state index contributed by atoms with van der Waals surface area (Å²) in [6.07, 6.45) is 3.73. The molecule has 3 aromatic rings. The zero-order valence-corrected chi connectivity index (χ0v) is 20.9. The Bertz CT molecular complexity index is 1270. The van der Waals surface area contributed by atoms with E-state index in [1.54, 1.807) is 31.5 Å². The third-order valence-electron chi connectivity index (χ3n) is 7.27. The van der Waals surface area contributed by atoms with Crippen molar-refractivity contribution >= 4 is 23.4 Å². The van der Waals surface area contributed by atoms with Crippen LogP contribution in [0.1, 0.15) is 32.6 Å². The van der Waals surface area contributed by atoms with E-state index in [1.165, 1.54) is 6.20 Å². The molecule has 5 rings (SSSR count). The van der Waals surface area contributed by atoms with Gasteiger partial charge in [-0.3, -0.25) is 9.78 Å². The van der Waals surface area contributed by atoms with Crippen molar-refractivity contribution in [1.82, 2.24) is 24.8 Å². The van der Waals surface area contributed by atoms with Crippen LogP contribution in [-0.2, 0) is 4.79 Å². The number of hydrogen-bond donors (Lipinski definition) is 1. The van der Waals surface area contributed by atoms with Crippen LogP contribution in [0, 0.1) is 5.41 Å². The highest BCUT2D eigenvalue weighted by molar-refractivity contribution is 5.73. The van der Waals surface area contributed by atoms with Crippen molar-refractivity contribution in [1.29, 1.82) is 0 Å². The number of likely N-dealkylation sites (tertiary alicyclic amines) is 1. The van der Waals surface area contributed by atoms with Gasteiger partial charge in [-0.2, -0.15) is 0 Å². The number of anilines is 3. The standard InChI is InChI=1S/C26H28F3N7O2/c1-18(37)35-11-5-25(6-12-35)7-13-36(14-8-25)23-16-22(33-24(34-23)19-3-2-9-30-17-19)32-21-15-20(4-10-31-21)38-26(27,28)29/h2-4,9-10,15-17H,5-8,11-14H2,1H3,(H,31,32,33,34). The van der Waals surface area contributed by atoms with E-state index in [-0.39, 0.29) is 22.9 Å². The molecule has 5 heterocycles. The molecule has 0 aromatic carbocycles. The van der Waals surface area contributed by atoms with E-state index >= 15 is 0 Å². The summed E-state index contributed by atoms with van der Waals surface area (Å²) in [5.74, 6) is 1.44. The zero-order chi connectivity index (χ0) is 26.8. The molecule has 0 saturated carbocycles. The summed E-state index contributed by atoms with van der Waals surface area (Å²) in [5, 5.41) is 3.00. The second kappa shape index (κ2) is 10.4. The van der Waals surface area contributed by atoms with Gasteiger partial charge in [0, 0.05) is 69.4 Å². The highest BCUT2D eigenvalue weighted by atomic mass is 19.4. The lowest BCUT2D eigenvalue weighted by atomic mass is 9.71. The van der Waals surface area contributed by atoms with Gasteiger partial charge in [0.15, 0.2) is 5.82 Å². The Hall–Kier alpha value is -3.96. The number of nitrogens with zero attached hydrogens (tertiary/aromatic N) is 6. The molecule has 0 aliphatic carbocycles. The van der Waals surface area contributed by atoms with Crippen LogP contribution < -0.4 is 15.0 Å². The van der Waals surface area contributed by atoms with Gasteiger partial charge in [-0.05, 0) is 49.3 Å². The van der Waals surface area contributed by atoms with Gasteiger partial charge in [0.1, 0.15) is 23.2 Å². The molecule has 2 fully saturated rings. The molecule has 9 nitrogen and oxygen atoms in total. The van der Waals surface area contributed by atoms with Gasteiger partial charge in [-0.25, -0.2) is 15.0 Å². The molecule has 1 spiro atoms. The van der Waals surface area contributed by atoms with Gasteiger partial charge < -0.3 is 19.9 Å². The number of aromatic nitrogens is 4. The van der Waals surface area contributed by atoms with Crippen molar-refractivity contribution in [3.63, 3.8) is 0 Å². The number of rotatable bonds is 5. The zero-order valence-electron chi connectivity index (χ0n) is 20.9. The first-order chi connectivity index (χ1) is 18.2. The van der Waals surface area contributed by atoms with E-state index < -0.39 is 6.36 Å². The minimum absolute atomic E-state index is 0.131. The van der Waals surface area contributed by atoms with E-state index in [9.17, 15) is 18.0 Å². The largest absolute Gasteiger partial charge is 0.573 e. The number of piperidine rings is 2. The normalized spacial score (nSPS) is 17.4. The van der Waals surface area contributed by atoms with Crippen LogP contribution >= 0.6 is 0 Å². The van der Waals surface area contributed by atoms with Crippen molar-refractivity contribution in [2.24, 2.45) is 5.41 Å². The molecule has 12 heteroatoms. The summed E-state index contributed by atoms with van der Waals surface area (Å²) < 4.78 is 42.0. The van der Waals surface area contributed by atoms with Gasteiger partial charge in [0.2, 0.25) is 5.91 Å². The van der Waals surface area contributed by atoms with Crippen molar-refractivity contribution in [2.75, 3.05) is 36.4 Å². The van der Waals surface area contributed by atoms with Crippen LogP contribution in [-0.4, -0.2) is 63.3 Å². The number of pyridine rings is 2. The van der Waals surface area contributed by atoms with Crippen LogP contribution in [0.3, 0.4) is 0 Å². The van der Waals surface area contributed by atoms with E-state index in [0.717, 1.165) is 64.0 Å². The van der Waals surface area contributed by atoms with Crippen LogP contribution in [0.25, 0.3) is 11.4 Å². The highest BCUT2D eigenvalue weighted by Gasteiger charge is 2.38. The summed E-state index contributed by atoms with van der Waals surface area (Å²) in [7, 11) is 0. The minimum atomic E-state index is -4.80. The van der Waals surface area contributed by atoms with Crippen LogP contribution in [0.15, 0.2) is 48.9 Å². The van der Waals surface area contributed by atoms with E-state index in [4.69, 9.17) is 4.98 Å². The van der Waals surface area contributed by atoms with Gasteiger partial charge in [-0.15, -0.1) is 13.2 Å². The Balaban J connectivity index is 1.37. The molecule has 1 amide bonds. The average Bonchev–Trinajstić information content (AvgIpc) is 2.89. The quantitative estimate of drug-likeness (QED) is 0.505. The molecule has 2 aliphatic heterocycles. The maximum absolute atomic E-state index is 12.7. The number of ether oxygens (including phenoxy) is 1. The number of nitrogens with one attached hydrogen (secondary N) is 1. The molecule has 38 heavy (non-hydrogen) atoms. The first-order valence-electron chi connectivity index (χ1n) is 12.5. The second-order valence-corrected chi connectivity index (χ2v) is 9.72. The second-order valence-electron chi connectivity index (χ2n) is 9.72. The van der Waals surface area contributed by atoms with Crippen molar-refractivity contribution in [2.45, 2.75) is 39.0 Å². The van der Waals surface area contributed by atoms with Gasteiger partial charge in [0.05, 0.1) is 0 Å². The smallest absolute Gasteiger partial charge is 0.406 e. The lowest BCUT2D eigenvalue weighted by molar-refractivity contribution is -0.274. The minimum Gasteiger partial charge on any atom is -0.406 e. The molecule has 200 valence electrons. The highest BCUT2D eigenvalue weighted by Crippen LogP contribution is 2.42. The predicted molar refractivity (Wildman–Crippen MR) is 135 cm³/mol.